The van der Waals surface area contributed by atoms with Crippen LogP contribution in [0.4, 0.5) is 0 Å². The molecular weight excluding hydrogens is 260 g/mol. The minimum absolute atomic E-state index is 0.281. The fourth-order valence-corrected chi connectivity index (χ4v) is 2.77. The quantitative estimate of drug-likeness (QED) is 0.916. The minimum atomic E-state index is 0.281. The van der Waals surface area contributed by atoms with Gasteiger partial charge in [-0.15, -0.1) is 0 Å². The minimum Gasteiger partial charge on any atom is -0.496 e. The van der Waals surface area contributed by atoms with E-state index in [2.05, 4.69) is 43.1 Å². The molecule has 0 aliphatic carbocycles. The Morgan fingerprint density at radius 3 is 2.62 bits per heavy atom. The summed E-state index contributed by atoms with van der Waals surface area (Å²) in [7, 11) is 1.71. The third kappa shape index (κ3) is 3.42. The van der Waals surface area contributed by atoms with Crippen molar-refractivity contribution in [2.75, 3.05) is 13.7 Å². The number of ether oxygens (including phenoxy) is 1. The van der Waals surface area contributed by atoms with Crippen molar-refractivity contribution >= 4 is 0 Å². The van der Waals surface area contributed by atoms with Gasteiger partial charge in [0.2, 0.25) is 0 Å². The lowest BCUT2D eigenvalue weighted by Crippen LogP contribution is -2.16. The smallest absolute Gasteiger partial charge is 0.128 e. The van der Waals surface area contributed by atoms with Crippen molar-refractivity contribution < 1.29 is 4.74 Å². The van der Waals surface area contributed by atoms with Crippen LogP contribution in [0.5, 0.6) is 5.75 Å². The molecule has 2 N–H and O–H groups in total. The fraction of sp³-hybridized carbons (Fsp3) is 0.389. The number of hydrogen-bond donors (Lipinski definition) is 1. The van der Waals surface area contributed by atoms with Crippen molar-refractivity contribution in [1.29, 1.82) is 0 Å². The van der Waals surface area contributed by atoms with Gasteiger partial charge in [0.15, 0.2) is 0 Å². The lowest BCUT2D eigenvalue weighted by molar-refractivity contribution is 0.406. The first-order valence-electron chi connectivity index (χ1n) is 7.32. The number of nitrogens with two attached hydrogens (primary N) is 1. The van der Waals surface area contributed by atoms with Gasteiger partial charge in [0, 0.05) is 28.9 Å². The SMILES string of the molecule is COc1c(C)cnc(CC(CN)c2cccc(C)c2)c1C. The summed E-state index contributed by atoms with van der Waals surface area (Å²) in [6.45, 7) is 6.80. The van der Waals surface area contributed by atoms with E-state index in [1.165, 1.54) is 11.1 Å². The average Bonchev–Trinajstić information content (AvgIpc) is 2.47. The van der Waals surface area contributed by atoms with Crippen LogP contribution < -0.4 is 10.5 Å². The lowest BCUT2D eigenvalue weighted by Gasteiger charge is -2.18. The summed E-state index contributed by atoms with van der Waals surface area (Å²) in [4.78, 5) is 4.59. The molecule has 0 aliphatic heterocycles. The standard InChI is InChI=1S/C18H24N2O/c1-12-6-5-7-15(8-12)16(10-19)9-17-14(3)18(21-4)13(2)11-20-17/h5-8,11,16H,9-10,19H2,1-4H3. The summed E-state index contributed by atoms with van der Waals surface area (Å²) >= 11 is 0. The lowest BCUT2D eigenvalue weighted by atomic mass is 9.91. The largest absolute Gasteiger partial charge is 0.496 e. The highest BCUT2D eigenvalue weighted by Gasteiger charge is 2.16. The van der Waals surface area contributed by atoms with Crippen molar-refractivity contribution in [2.24, 2.45) is 5.73 Å². The molecule has 1 unspecified atom stereocenters. The Labute approximate surface area is 127 Å². The molecule has 3 heteroatoms. The highest BCUT2D eigenvalue weighted by molar-refractivity contribution is 5.42. The van der Waals surface area contributed by atoms with Crippen LogP contribution >= 0.6 is 0 Å². The Kier molecular flexibility index (Phi) is 4.97. The third-order valence-electron chi connectivity index (χ3n) is 3.99. The Bertz CT molecular complexity index is 623. The van der Waals surface area contributed by atoms with Crippen LogP contribution in [0.3, 0.4) is 0 Å². The number of hydrogen-bond acceptors (Lipinski definition) is 3. The highest BCUT2D eigenvalue weighted by Crippen LogP contribution is 2.28. The molecule has 0 radical (unpaired) electrons. The molecule has 2 aromatic rings. The van der Waals surface area contributed by atoms with Crippen LogP contribution in [0.2, 0.25) is 0 Å². The van der Waals surface area contributed by atoms with E-state index in [0.717, 1.165) is 29.0 Å². The van der Waals surface area contributed by atoms with Crippen LogP contribution in [-0.2, 0) is 6.42 Å². The molecule has 1 aromatic carbocycles. The van der Waals surface area contributed by atoms with Crippen LogP contribution in [-0.4, -0.2) is 18.6 Å². The first-order chi connectivity index (χ1) is 10.1. The van der Waals surface area contributed by atoms with E-state index >= 15 is 0 Å². The first-order valence-corrected chi connectivity index (χ1v) is 7.32. The van der Waals surface area contributed by atoms with Gasteiger partial charge in [0.25, 0.3) is 0 Å². The van der Waals surface area contributed by atoms with Crippen molar-refractivity contribution in [3.8, 4) is 5.75 Å². The second kappa shape index (κ2) is 6.72. The molecule has 0 spiro atoms. The second-order valence-electron chi connectivity index (χ2n) is 5.60. The number of aromatic nitrogens is 1. The van der Waals surface area contributed by atoms with E-state index in [4.69, 9.17) is 10.5 Å². The summed E-state index contributed by atoms with van der Waals surface area (Å²) in [6.07, 6.45) is 2.72. The number of methoxy groups -OCH3 is 1. The van der Waals surface area contributed by atoms with Crippen molar-refractivity contribution in [2.45, 2.75) is 33.1 Å². The van der Waals surface area contributed by atoms with E-state index in [0.29, 0.717) is 6.54 Å². The van der Waals surface area contributed by atoms with Crippen molar-refractivity contribution in [3.63, 3.8) is 0 Å². The monoisotopic (exact) mass is 284 g/mol. The molecule has 0 fully saturated rings. The van der Waals surface area contributed by atoms with Crippen LogP contribution in [0.15, 0.2) is 30.5 Å². The molecule has 1 aromatic heterocycles. The molecule has 0 bridgehead atoms. The molecule has 3 nitrogen and oxygen atoms in total. The Balaban J connectivity index is 2.31. The van der Waals surface area contributed by atoms with Crippen molar-refractivity contribution in [3.05, 3.63) is 58.4 Å². The summed E-state index contributed by atoms with van der Waals surface area (Å²) in [5.74, 6) is 1.21. The van der Waals surface area contributed by atoms with Gasteiger partial charge < -0.3 is 10.5 Å². The van der Waals surface area contributed by atoms with Gasteiger partial charge in [0.05, 0.1) is 7.11 Å². The number of rotatable bonds is 5. The van der Waals surface area contributed by atoms with Gasteiger partial charge in [-0.1, -0.05) is 29.8 Å². The van der Waals surface area contributed by atoms with Gasteiger partial charge in [-0.3, -0.25) is 4.98 Å². The number of benzene rings is 1. The second-order valence-corrected chi connectivity index (χ2v) is 5.60. The molecule has 1 atom stereocenters. The highest BCUT2D eigenvalue weighted by atomic mass is 16.5. The van der Waals surface area contributed by atoms with Gasteiger partial charge in [-0.2, -0.15) is 0 Å². The molecule has 2 rings (SSSR count). The van der Waals surface area contributed by atoms with Crippen LogP contribution in [0.1, 0.15) is 33.9 Å². The van der Waals surface area contributed by atoms with E-state index in [1.54, 1.807) is 7.11 Å². The molecule has 21 heavy (non-hydrogen) atoms. The van der Waals surface area contributed by atoms with Gasteiger partial charge in [0.1, 0.15) is 5.75 Å². The molecule has 0 aliphatic rings. The number of aryl methyl sites for hydroxylation is 2. The number of nitrogens with zero attached hydrogens (tertiary/aromatic N) is 1. The first kappa shape index (κ1) is 15.5. The molecular formula is C18H24N2O. The van der Waals surface area contributed by atoms with Gasteiger partial charge in [-0.25, -0.2) is 0 Å². The maximum Gasteiger partial charge on any atom is 0.128 e. The van der Waals surface area contributed by atoms with Crippen molar-refractivity contribution in [1.82, 2.24) is 4.98 Å². The third-order valence-corrected chi connectivity index (χ3v) is 3.99. The molecule has 1 heterocycles. The van der Waals surface area contributed by atoms with E-state index in [-0.39, 0.29) is 5.92 Å². The zero-order valence-electron chi connectivity index (χ0n) is 13.3. The van der Waals surface area contributed by atoms with E-state index < -0.39 is 0 Å². The fourth-order valence-electron chi connectivity index (χ4n) is 2.77. The van der Waals surface area contributed by atoms with E-state index in [9.17, 15) is 0 Å². The zero-order chi connectivity index (χ0) is 15.4. The molecule has 0 amide bonds. The summed E-state index contributed by atoms with van der Waals surface area (Å²) < 4.78 is 5.49. The summed E-state index contributed by atoms with van der Waals surface area (Å²) in [5, 5.41) is 0. The molecule has 0 saturated heterocycles. The average molecular weight is 284 g/mol. The zero-order valence-corrected chi connectivity index (χ0v) is 13.3. The maximum absolute atomic E-state index is 5.99. The Morgan fingerprint density at radius 1 is 1.24 bits per heavy atom. The van der Waals surface area contributed by atoms with Gasteiger partial charge in [-0.05, 0) is 39.3 Å². The predicted molar refractivity (Wildman–Crippen MR) is 86.9 cm³/mol. The topological polar surface area (TPSA) is 48.1 Å². The number of pyridine rings is 1. The van der Waals surface area contributed by atoms with E-state index in [1.807, 2.05) is 13.1 Å². The van der Waals surface area contributed by atoms with Crippen LogP contribution in [0, 0.1) is 20.8 Å². The Hall–Kier alpha value is -1.87. The maximum atomic E-state index is 5.99. The normalized spacial score (nSPS) is 12.2. The summed E-state index contributed by atoms with van der Waals surface area (Å²) in [5.41, 5.74) is 11.8. The van der Waals surface area contributed by atoms with Gasteiger partial charge >= 0.3 is 0 Å². The molecule has 112 valence electrons. The Morgan fingerprint density at radius 2 is 2.00 bits per heavy atom. The van der Waals surface area contributed by atoms with Crippen LogP contribution in [0.25, 0.3) is 0 Å². The predicted octanol–water partition coefficient (Wildman–Crippen LogP) is 3.30. The summed E-state index contributed by atoms with van der Waals surface area (Å²) in [6, 6.07) is 8.54. The molecule has 0 saturated carbocycles.